The van der Waals surface area contributed by atoms with Gasteiger partial charge in [-0.1, -0.05) is 0 Å². The van der Waals surface area contributed by atoms with Crippen molar-refractivity contribution in [3.8, 4) is 0 Å². The molecule has 1 amide bonds. The van der Waals surface area contributed by atoms with E-state index in [1.165, 1.54) is 0 Å². The molecule has 2 fully saturated rings. The Morgan fingerprint density at radius 2 is 1.95 bits per heavy atom. The molecule has 3 atom stereocenters. The molecule has 0 aliphatic carbocycles. The van der Waals surface area contributed by atoms with Crippen molar-refractivity contribution in [1.82, 2.24) is 15.1 Å². The molecule has 0 saturated carbocycles. The minimum Gasteiger partial charge on any atom is -0.340 e. The number of carbonyl (C=O) groups is 1. The van der Waals surface area contributed by atoms with Gasteiger partial charge < -0.3 is 15.1 Å². The van der Waals surface area contributed by atoms with Crippen molar-refractivity contribution in [2.75, 3.05) is 33.7 Å². The largest absolute Gasteiger partial charge is 0.393 e. The molecule has 0 spiro atoms. The first-order chi connectivity index (χ1) is 9.79. The van der Waals surface area contributed by atoms with Crippen LogP contribution in [0.5, 0.6) is 0 Å². The number of halogens is 3. The summed E-state index contributed by atoms with van der Waals surface area (Å²) in [6.45, 7) is 1.24. The minimum absolute atomic E-state index is 0.0395. The van der Waals surface area contributed by atoms with Crippen molar-refractivity contribution in [2.45, 2.75) is 43.9 Å². The van der Waals surface area contributed by atoms with Crippen LogP contribution in [0.3, 0.4) is 0 Å². The van der Waals surface area contributed by atoms with Crippen molar-refractivity contribution >= 4 is 5.91 Å². The predicted molar refractivity (Wildman–Crippen MR) is 73.9 cm³/mol. The van der Waals surface area contributed by atoms with Gasteiger partial charge >= 0.3 is 6.18 Å². The lowest BCUT2D eigenvalue weighted by Gasteiger charge is -2.39. The van der Waals surface area contributed by atoms with Crippen LogP contribution in [0.1, 0.15) is 25.7 Å². The van der Waals surface area contributed by atoms with E-state index in [1.807, 2.05) is 14.1 Å². The average molecular weight is 307 g/mol. The molecular weight excluding hydrogens is 283 g/mol. The number of hydrogen-bond donors (Lipinski definition) is 1. The van der Waals surface area contributed by atoms with Crippen molar-refractivity contribution in [1.29, 1.82) is 0 Å². The number of alkyl halides is 3. The second kappa shape index (κ2) is 6.52. The van der Waals surface area contributed by atoms with Gasteiger partial charge in [0, 0.05) is 25.7 Å². The summed E-state index contributed by atoms with van der Waals surface area (Å²) < 4.78 is 37.9. The van der Waals surface area contributed by atoms with Crippen LogP contribution in [0.2, 0.25) is 0 Å². The normalized spacial score (nSPS) is 31.5. The van der Waals surface area contributed by atoms with Gasteiger partial charge in [-0.3, -0.25) is 4.79 Å². The molecule has 2 aliphatic heterocycles. The van der Waals surface area contributed by atoms with E-state index in [0.29, 0.717) is 19.1 Å². The highest BCUT2D eigenvalue weighted by atomic mass is 19.4. The van der Waals surface area contributed by atoms with Crippen LogP contribution in [0.25, 0.3) is 0 Å². The van der Waals surface area contributed by atoms with Gasteiger partial charge in [-0.15, -0.1) is 0 Å². The Balaban J connectivity index is 1.87. The van der Waals surface area contributed by atoms with E-state index in [0.717, 1.165) is 12.8 Å². The van der Waals surface area contributed by atoms with Crippen LogP contribution in [0.4, 0.5) is 13.2 Å². The number of likely N-dealkylation sites (N-methyl/N-ethyl adjacent to an activating group) is 1. The predicted octanol–water partition coefficient (Wildman–Crippen LogP) is 1.47. The summed E-state index contributed by atoms with van der Waals surface area (Å²) in [4.78, 5) is 16.4. The number of nitrogens with zero attached hydrogens (tertiary/aromatic N) is 2. The van der Waals surface area contributed by atoms with Crippen molar-refractivity contribution in [3.05, 3.63) is 0 Å². The molecule has 1 N–H and O–H groups in total. The van der Waals surface area contributed by atoms with Crippen LogP contribution in [-0.4, -0.2) is 67.7 Å². The fourth-order valence-corrected chi connectivity index (χ4v) is 3.14. The highest BCUT2D eigenvalue weighted by molar-refractivity contribution is 5.82. The van der Waals surface area contributed by atoms with Gasteiger partial charge in [0.2, 0.25) is 5.91 Å². The number of nitrogens with one attached hydrogen (secondary N) is 1. The number of carbonyl (C=O) groups excluding carboxylic acids is 1. The maximum absolute atomic E-state index is 12.6. The Hall–Kier alpha value is -0.820. The summed E-state index contributed by atoms with van der Waals surface area (Å²) in [5.41, 5.74) is 0. The zero-order valence-corrected chi connectivity index (χ0v) is 12.6. The number of rotatable bonds is 2. The van der Waals surface area contributed by atoms with Gasteiger partial charge in [-0.05, 0) is 39.8 Å². The quantitative estimate of drug-likeness (QED) is 0.839. The van der Waals surface area contributed by atoms with Gasteiger partial charge in [0.05, 0.1) is 12.0 Å². The summed E-state index contributed by atoms with van der Waals surface area (Å²) in [6.07, 6.45) is -1.84. The highest BCUT2D eigenvalue weighted by Crippen LogP contribution is 2.32. The average Bonchev–Trinajstić information content (AvgIpc) is 2.46. The molecule has 122 valence electrons. The van der Waals surface area contributed by atoms with E-state index >= 15 is 0 Å². The van der Waals surface area contributed by atoms with Crippen molar-refractivity contribution < 1.29 is 18.0 Å². The first-order valence-corrected chi connectivity index (χ1v) is 7.54. The molecule has 0 aromatic heterocycles. The van der Waals surface area contributed by atoms with Gasteiger partial charge in [0.15, 0.2) is 0 Å². The first kappa shape index (κ1) is 16.5. The number of piperidine rings is 2. The lowest BCUT2D eigenvalue weighted by atomic mass is 9.93. The molecule has 0 aromatic carbocycles. The molecule has 7 heteroatoms. The first-order valence-electron chi connectivity index (χ1n) is 7.54. The summed E-state index contributed by atoms with van der Waals surface area (Å²) in [5.74, 6) is -1.36. The van der Waals surface area contributed by atoms with E-state index in [9.17, 15) is 18.0 Å². The van der Waals surface area contributed by atoms with Crippen molar-refractivity contribution in [3.63, 3.8) is 0 Å². The van der Waals surface area contributed by atoms with Crippen molar-refractivity contribution in [2.24, 2.45) is 5.92 Å². The molecule has 21 heavy (non-hydrogen) atoms. The van der Waals surface area contributed by atoms with Crippen LogP contribution >= 0.6 is 0 Å². The lowest BCUT2D eigenvalue weighted by molar-refractivity contribution is -0.180. The van der Waals surface area contributed by atoms with Crippen LogP contribution in [-0.2, 0) is 4.79 Å². The minimum atomic E-state index is -4.16. The van der Waals surface area contributed by atoms with Gasteiger partial charge in [-0.2, -0.15) is 13.2 Å². The van der Waals surface area contributed by atoms with Gasteiger partial charge in [-0.25, -0.2) is 0 Å². The molecule has 0 bridgehead atoms. The second-order valence-corrected chi connectivity index (χ2v) is 6.32. The highest BCUT2D eigenvalue weighted by Gasteiger charge is 2.43. The zero-order chi connectivity index (χ0) is 15.6. The zero-order valence-electron chi connectivity index (χ0n) is 12.6. The van der Waals surface area contributed by atoms with Crippen LogP contribution in [0.15, 0.2) is 0 Å². The fourth-order valence-electron chi connectivity index (χ4n) is 3.14. The van der Waals surface area contributed by atoms with Gasteiger partial charge in [0.25, 0.3) is 0 Å². The SMILES string of the molecule is CN(C)C1CCCN(C(=O)C2CCC(C(F)(F)F)CN2)C1. The third-order valence-corrected chi connectivity index (χ3v) is 4.61. The summed E-state index contributed by atoms with van der Waals surface area (Å²) >= 11 is 0. The maximum atomic E-state index is 12.6. The fraction of sp³-hybridized carbons (Fsp3) is 0.929. The Labute approximate surface area is 123 Å². The van der Waals surface area contributed by atoms with Gasteiger partial charge in [0.1, 0.15) is 0 Å². The Morgan fingerprint density at radius 3 is 2.48 bits per heavy atom. The number of amides is 1. The second-order valence-electron chi connectivity index (χ2n) is 6.32. The molecule has 3 unspecified atom stereocenters. The summed E-state index contributed by atoms with van der Waals surface area (Å²) in [6, 6.07) is -0.112. The third-order valence-electron chi connectivity index (χ3n) is 4.61. The number of hydrogen-bond acceptors (Lipinski definition) is 3. The van der Waals surface area contributed by atoms with E-state index in [4.69, 9.17) is 0 Å². The Bertz CT molecular complexity index is 365. The van der Waals surface area contributed by atoms with E-state index in [2.05, 4.69) is 10.2 Å². The summed E-state index contributed by atoms with van der Waals surface area (Å²) in [7, 11) is 3.98. The molecular formula is C14H24F3N3O. The molecule has 2 saturated heterocycles. The topological polar surface area (TPSA) is 35.6 Å². The molecule has 4 nitrogen and oxygen atoms in total. The molecule has 2 heterocycles. The molecule has 2 rings (SSSR count). The van der Waals surface area contributed by atoms with Crippen LogP contribution < -0.4 is 5.32 Å². The Kier molecular flexibility index (Phi) is 5.14. The van der Waals surface area contributed by atoms with E-state index < -0.39 is 18.1 Å². The standard InChI is InChI=1S/C14H24F3N3O/c1-19(2)11-4-3-7-20(9-11)13(21)12-6-5-10(8-18-12)14(15,16)17/h10-12,18H,3-9H2,1-2H3. The molecule has 0 aromatic rings. The Morgan fingerprint density at radius 1 is 1.24 bits per heavy atom. The molecule has 0 radical (unpaired) electrons. The lowest BCUT2D eigenvalue weighted by Crippen LogP contribution is -2.56. The number of likely N-dealkylation sites (tertiary alicyclic amines) is 1. The monoisotopic (exact) mass is 307 g/mol. The van der Waals surface area contributed by atoms with Crippen LogP contribution in [0, 0.1) is 5.92 Å². The van der Waals surface area contributed by atoms with E-state index in [1.54, 1.807) is 4.90 Å². The third kappa shape index (κ3) is 4.10. The van der Waals surface area contributed by atoms with E-state index in [-0.39, 0.29) is 25.3 Å². The molecule has 2 aliphatic rings. The summed E-state index contributed by atoms with van der Waals surface area (Å²) in [5, 5.41) is 2.79. The maximum Gasteiger partial charge on any atom is 0.393 e. The smallest absolute Gasteiger partial charge is 0.340 e.